The van der Waals surface area contributed by atoms with E-state index in [1.165, 1.54) is 56.5 Å². The molecule has 1 aromatic heterocycles. The van der Waals surface area contributed by atoms with E-state index in [1.807, 2.05) is 12.5 Å². The molecule has 1 aromatic rings. The molecule has 2 nitrogen and oxygen atoms in total. The number of thioether (sulfide) groups is 2. The summed E-state index contributed by atoms with van der Waals surface area (Å²) in [6.45, 7) is 3.41. The lowest BCUT2D eigenvalue weighted by atomic mass is 10.1. The number of rotatable bonds is 9. The van der Waals surface area contributed by atoms with Crippen LogP contribution in [0.4, 0.5) is 0 Å². The largest absolute Gasteiger partial charge is 0.337 e. The Balaban J connectivity index is 1.73. The highest BCUT2D eigenvalue weighted by Gasteiger charge is 2.34. The number of aromatic nitrogens is 2. The Morgan fingerprint density at radius 1 is 1.11 bits per heavy atom. The van der Waals surface area contributed by atoms with Gasteiger partial charge < -0.3 is 4.57 Å². The molecule has 2 heterocycles. The van der Waals surface area contributed by atoms with Crippen molar-refractivity contribution in [3.05, 3.63) is 18.7 Å². The van der Waals surface area contributed by atoms with Gasteiger partial charge in [-0.1, -0.05) is 39.0 Å². The first-order valence-electron chi connectivity index (χ1n) is 7.58. The number of unbranched alkanes of at least 4 members (excludes halogenated alkanes) is 4. The van der Waals surface area contributed by atoms with Gasteiger partial charge in [-0.15, -0.1) is 23.5 Å². The van der Waals surface area contributed by atoms with Crippen LogP contribution < -0.4 is 0 Å². The van der Waals surface area contributed by atoms with E-state index in [-0.39, 0.29) is 0 Å². The molecule has 0 aliphatic carbocycles. The van der Waals surface area contributed by atoms with Crippen LogP contribution in [-0.2, 0) is 6.54 Å². The van der Waals surface area contributed by atoms with Crippen LogP contribution in [0.15, 0.2) is 18.7 Å². The molecule has 0 bridgehead atoms. The molecule has 19 heavy (non-hydrogen) atoms. The second kappa shape index (κ2) is 8.25. The first kappa shape index (κ1) is 15.3. The fraction of sp³-hybridized carbons (Fsp3) is 0.800. The predicted octanol–water partition coefficient (Wildman–Crippen LogP) is 4.81. The summed E-state index contributed by atoms with van der Waals surface area (Å²) in [6, 6.07) is 0. The molecule has 0 radical (unpaired) electrons. The lowest BCUT2D eigenvalue weighted by Crippen LogP contribution is -2.19. The Kier molecular flexibility index (Phi) is 6.65. The zero-order valence-corrected chi connectivity index (χ0v) is 13.6. The molecular weight excluding hydrogens is 272 g/mol. The Morgan fingerprint density at radius 3 is 2.58 bits per heavy atom. The van der Waals surface area contributed by atoms with E-state index in [0.717, 1.165) is 6.54 Å². The molecule has 0 unspecified atom stereocenters. The Labute approximate surface area is 126 Å². The summed E-state index contributed by atoms with van der Waals surface area (Å²) in [7, 11) is 0. The van der Waals surface area contributed by atoms with Crippen LogP contribution in [0.25, 0.3) is 0 Å². The van der Waals surface area contributed by atoms with Gasteiger partial charge in [-0.2, -0.15) is 0 Å². The molecule has 108 valence electrons. The van der Waals surface area contributed by atoms with Crippen molar-refractivity contribution in [1.82, 2.24) is 9.55 Å². The summed E-state index contributed by atoms with van der Waals surface area (Å²) in [4.78, 5) is 4.14. The molecule has 0 saturated carbocycles. The van der Waals surface area contributed by atoms with Gasteiger partial charge >= 0.3 is 0 Å². The molecule has 1 aliphatic heterocycles. The number of hydrogen-bond acceptors (Lipinski definition) is 3. The molecular formula is C15H26N2S2. The van der Waals surface area contributed by atoms with Gasteiger partial charge in [0.15, 0.2) is 0 Å². The second-order valence-corrected chi connectivity index (χ2v) is 8.54. The minimum absolute atomic E-state index is 0.497. The summed E-state index contributed by atoms with van der Waals surface area (Å²) in [5, 5.41) is 0. The van der Waals surface area contributed by atoms with Crippen molar-refractivity contribution in [2.75, 3.05) is 11.5 Å². The number of hydrogen-bond donors (Lipinski definition) is 0. The molecule has 0 N–H and O–H groups in total. The quantitative estimate of drug-likeness (QED) is 0.609. The van der Waals surface area contributed by atoms with Crippen molar-refractivity contribution in [3.63, 3.8) is 0 Å². The van der Waals surface area contributed by atoms with Crippen LogP contribution in [0.2, 0.25) is 0 Å². The van der Waals surface area contributed by atoms with E-state index in [1.54, 1.807) is 0 Å². The van der Waals surface area contributed by atoms with Gasteiger partial charge in [-0.25, -0.2) is 4.98 Å². The van der Waals surface area contributed by atoms with E-state index in [2.05, 4.69) is 46.2 Å². The maximum atomic E-state index is 4.14. The topological polar surface area (TPSA) is 17.8 Å². The van der Waals surface area contributed by atoms with Crippen molar-refractivity contribution in [2.24, 2.45) is 0 Å². The standard InChI is InChI=1S/C15H26N2S2/c1-2-3-4-5-6-7-15(18-12-13-19-15)8-10-17-11-9-16-14-17/h9,11,14H,2-8,10,12-13H2,1H3. The summed E-state index contributed by atoms with van der Waals surface area (Å²) in [5.74, 6) is 2.67. The predicted molar refractivity (Wildman–Crippen MR) is 87.9 cm³/mol. The van der Waals surface area contributed by atoms with Crippen molar-refractivity contribution in [2.45, 2.75) is 62.5 Å². The van der Waals surface area contributed by atoms with E-state index in [0.29, 0.717) is 4.08 Å². The zero-order chi connectivity index (χ0) is 13.4. The van der Waals surface area contributed by atoms with Crippen molar-refractivity contribution >= 4 is 23.5 Å². The van der Waals surface area contributed by atoms with Gasteiger partial charge in [0, 0.05) is 30.4 Å². The summed E-state index contributed by atoms with van der Waals surface area (Å²) in [6.07, 6.45) is 15.6. The van der Waals surface area contributed by atoms with Gasteiger partial charge in [-0.05, 0) is 12.8 Å². The Morgan fingerprint density at radius 2 is 1.89 bits per heavy atom. The molecule has 1 fully saturated rings. The number of imidazole rings is 1. The van der Waals surface area contributed by atoms with Crippen molar-refractivity contribution < 1.29 is 0 Å². The Bertz CT molecular complexity index is 332. The van der Waals surface area contributed by atoms with E-state index < -0.39 is 0 Å². The van der Waals surface area contributed by atoms with Gasteiger partial charge in [-0.3, -0.25) is 0 Å². The summed E-state index contributed by atoms with van der Waals surface area (Å²) < 4.78 is 2.72. The van der Waals surface area contributed by atoms with Crippen LogP contribution in [0.1, 0.15) is 51.9 Å². The van der Waals surface area contributed by atoms with Crippen LogP contribution in [0.5, 0.6) is 0 Å². The van der Waals surface area contributed by atoms with Crippen molar-refractivity contribution in [1.29, 1.82) is 0 Å². The normalized spacial score (nSPS) is 17.9. The molecule has 0 atom stereocenters. The summed E-state index contributed by atoms with van der Waals surface area (Å²) in [5.41, 5.74) is 0. The lowest BCUT2D eigenvalue weighted by Gasteiger charge is -2.27. The highest BCUT2D eigenvalue weighted by Crippen LogP contribution is 2.50. The lowest BCUT2D eigenvalue weighted by molar-refractivity contribution is 0.533. The van der Waals surface area contributed by atoms with E-state index >= 15 is 0 Å². The Hall–Kier alpha value is -0.0900. The summed E-state index contributed by atoms with van der Waals surface area (Å²) >= 11 is 4.41. The fourth-order valence-electron chi connectivity index (χ4n) is 2.63. The number of nitrogens with zero attached hydrogens (tertiary/aromatic N) is 2. The highest BCUT2D eigenvalue weighted by molar-refractivity contribution is 8.21. The second-order valence-electron chi connectivity index (χ2n) is 5.32. The van der Waals surface area contributed by atoms with Gasteiger partial charge in [0.05, 0.1) is 10.4 Å². The SMILES string of the molecule is CCCCCCCC1(CCn2ccnc2)SCCS1. The molecule has 0 amide bonds. The van der Waals surface area contributed by atoms with Crippen LogP contribution in [0.3, 0.4) is 0 Å². The van der Waals surface area contributed by atoms with Gasteiger partial charge in [0.1, 0.15) is 0 Å². The minimum atomic E-state index is 0.497. The molecule has 0 spiro atoms. The maximum Gasteiger partial charge on any atom is 0.0945 e. The first-order valence-corrected chi connectivity index (χ1v) is 9.55. The maximum absolute atomic E-state index is 4.14. The first-order chi connectivity index (χ1) is 9.35. The average molecular weight is 299 g/mol. The number of aryl methyl sites for hydroxylation is 1. The van der Waals surface area contributed by atoms with Crippen LogP contribution >= 0.6 is 23.5 Å². The van der Waals surface area contributed by atoms with Gasteiger partial charge in [0.25, 0.3) is 0 Å². The fourth-order valence-corrected chi connectivity index (χ4v) is 5.92. The third kappa shape index (κ3) is 5.07. The average Bonchev–Trinajstić information content (AvgIpc) is 3.08. The molecule has 0 aromatic carbocycles. The van der Waals surface area contributed by atoms with Crippen LogP contribution in [0, 0.1) is 0 Å². The van der Waals surface area contributed by atoms with Gasteiger partial charge in [0.2, 0.25) is 0 Å². The third-order valence-corrected chi connectivity index (χ3v) is 7.44. The molecule has 4 heteroatoms. The molecule has 2 rings (SSSR count). The molecule has 1 aliphatic rings. The zero-order valence-electron chi connectivity index (χ0n) is 12.0. The monoisotopic (exact) mass is 298 g/mol. The highest BCUT2D eigenvalue weighted by atomic mass is 32.2. The van der Waals surface area contributed by atoms with Crippen LogP contribution in [-0.4, -0.2) is 25.1 Å². The minimum Gasteiger partial charge on any atom is -0.337 e. The van der Waals surface area contributed by atoms with E-state index in [9.17, 15) is 0 Å². The third-order valence-electron chi connectivity index (χ3n) is 3.78. The van der Waals surface area contributed by atoms with E-state index in [4.69, 9.17) is 0 Å². The smallest absolute Gasteiger partial charge is 0.0945 e. The van der Waals surface area contributed by atoms with Crippen molar-refractivity contribution in [3.8, 4) is 0 Å². The molecule has 1 saturated heterocycles.